The highest BCUT2D eigenvalue weighted by Crippen LogP contribution is 2.24. The molecule has 0 aliphatic rings. The molecule has 0 radical (unpaired) electrons. The van der Waals surface area contributed by atoms with Gasteiger partial charge in [0.1, 0.15) is 11.5 Å². The zero-order valence-corrected chi connectivity index (χ0v) is 14.0. The first-order valence-corrected chi connectivity index (χ1v) is 8.09. The van der Waals surface area contributed by atoms with E-state index in [1.54, 1.807) is 23.6 Å². The number of benzene rings is 1. The van der Waals surface area contributed by atoms with Crippen molar-refractivity contribution in [3.63, 3.8) is 0 Å². The van der Waals surface area contributed by atoms with Crippen LogP contribution in [-0.4, -0.2) is 32.5 Å². The molecule has 0 bridgehead atoms. The average molecular weight is 331 g/mol. The van der Waals surface area contributed by atoms with Gasteiger partial charge in [-0.3, -0.25) is 0 Å². The average Bonchev–Trinajstić information content (AvgIpc) is 3.13. The van der Waals surface area contributed by atoms with Gasteiger partial charge in [-0.1, -0.05) is 29.1 Å². The van der Waals surface area contributed by atoms with Crippen LogP contribution in [0.2, 0.25) is 0 Å². The van der Waals surface area contributed by atoms with Crippen molar-refractivity contribution in [3.8, 4) is 5.75 Å². The minimum absolute atomic E-state index is 0.612. The Kier molecular flexibility index (Phi) is 4.61. The van der Waals surface area contributed by atoms with E-state index in [0.717, 1.165) is 39.2 Å². The van der Waals surface area contributed by atoms with E-state index in [4.69, 9.17) is 9.26 Å². The second-order valence-electron chi connectivity index (χ2n) is 5.06. The molecule has 0 aliphatic carbocycles. The van der Waals surface area contributed by atoms with Crippen molar-refractivity contribution >= 4 is 11.8 Å². The fourth-order valence-electron chi connectivity index (χ4n) is 2.15. The molecule has 0 unspecified atom stereocenters. The fourth-order valence-corrected chi connectivity index (χ4v) is 3.18. The molecule has 3 rings (SSSR count). The van der Waals surface area contributed by atoms with Gasteiger partial charge >= 0.3 is 0 Å². The number of hydrogen-bond donors (Lipinski definition) is 0. The SMILES string of the molecule is COc1ccc(Cn2nnnc2SCc2c(C)noc2C)cc1. The molecule has 1 aromatic carbocycles. The van der Waals surface area contributed by atoms with Crippen LogP contribution >= 0.6 is 11.8 Å². The molecule has 0 fully saturated rings. The van der Waals surface area contributed by atoms with Gasteiger partial charge in [0.15, 0.2) is 0 Å². The van der Waals surface area contributed by atoms with Gasteiger partial charge < -0.3 is 9.26 Å². The van der Waals surface area contributed by atoms with E-state index >= 15 is 0 Å². The van der Waals surface area contributed by atoms with Gasteiger partial charge in [-0.15, -0.1) is 5.10 Å². The summed E-state index contributed by atoms with van der Waals surface area (Å²) in [6, 6.07) is 7.86. The van der Waals surface area contributed by atoms with Crippen molar-refractivity contribution in [2.45, 2.75) is 31.3 Å². The first-order chi connectivity index (χ1) is 11.2. The summed E-state index contributed by atoms with van der Waals surface area (Å²) in [5.74, 6) is 2.40. The number of tetrazole rings is 1. The van der Waals surface area contributed by atoms with E-state index in [1.807, 2.05) is 38.1 Å². The van der Waals surface area contributed by atoms with Crippen LogP contribution < -0.4 is 4.74 Å². The number of ether oxygens (including phenoxy) is 1. The largest absolute Gasteiger partial charge is 0.497 e. The maximum atomic E-state index is 5.18. The maximum Gasteiger partial charge on any atom is 0.209 e. The molecular formula is C15H17N5O2S. The van der Waals surface area contributed by atoms with Crippen molar-refractivity contribution in [3.05, 3.63) is 46.8 Å². The number of hydrogen-bond acceptors (Lipinski definition) is 7. The van der Waals surface area contributed by atoms with E-state index in [1.165, 1.54) is 0 Å². The first kappa shape index (κ1) is 15.5. The lowest BCUT2D eigenvalue weighted by Crippen LogP contribution is -2.04. The van der Waals surface area contributed by atoms with Gasteiger partial charge in [0.25, 0.3) is 0 Å². The second-order valence-corrected chi connectivity index (χ2v) is 6.00. The van der Waals surface area contributed by atoms with Crippen LogP contribution in [0.15, 0.2) is 33.9 Å². The number of thioether (sulfide) groups is 1. The molecule has 8 heteroatoms. The minimum atomic E-state index is 0.612. The third-order valence-electron chi connectivity index (χ3n) is 3.52. The smallest absolute Gasteiger partial charge is 0.209 e. The topological polar surface area (TPSA) is 78.9 Å². The summed E-state index contributed by atoms with van der Waals surface area (Å²) >= 11 is 1.57. The Bertz CT molecular complexity index is 762. The van der Waals surface area contributed by atoms with Crippen LogP contribution in [-0.2, 0) is 12.3 Å². The van der Waals surface area contributed by atoms with E-state index in [0.29, 0.717) is 6.54 Å². The molecule has 2 aromatic heterocycles. The summed E-state index contributed by atoms with van der Waals surface area (Å²) in [7, 11) is 1.65. The summed E-state index contributed by atoms with van der Waals surface area (Å²) in [6.07, 6.45) is 0. The number of aryl methyl sites for hydroxylation is 2. The Morgan fingerprint density at radius 3 is 2.65 bits per heavy atom. The summed E-state index contributed by atoms with van der Waals surface area (Å²) < 4.78 is 12.1. The van der Waals surface area contributed by atoms with Crippen molar-refractivity contribution in [2.24, 2.45) is 0 Å². The minimum Gasteiger partial charge on any atom is -0.497 e. The Balaban J connectivity index is 1.69. The molecule has 0 spiro atoms. The zero-order valence-electron chi connectivity index (χ0n) is 13.2. The molecule has 0 amide bonds. The number of rotatable bonds is 6. The Labute approximate surface area is 138 Å². The third-order valence-corrected chi connectivity index (χ3v) is 4.50. The quantitative estimate of drug-likeness (QED) is 0.642. The normalized spacial score (nSPS) is 10.9. The highest BCUT2D eigenvalue weighted by Gasteiger charge is 2.13. The second kappa shape index (κ2) is 6.82. The van der Waals surface area contributed by atoms with E-state index < -0.39 is 0 Å². The first-order valence-electron chi connectivity index (χ1n) is 7.11. The summed E-state index contributed by atoms with van der Waals surface area (Å²) in [5, 5.41) is 16.7. The van der Waals surface area contributed by atoms with Crippen LogP contribution in [0.1, 0.15) is 22.6 Å². The molecule has 0 atom stereocenters. The van der Waals surface area contributed by atoms with Crippen LogP contribution in [0.25, 0.3) is 0 Å². The lowest BCUT2D eigenvalue weighted by atomic mass is 10.2. The van der Waals surface area contributed by atoms with Crippen LogP contribution in [0, 0.1) is 13.8 Å². The fraction of sp³-hybridized carbons (Fsp3) is 0.333. The molecular weight excluding hydrogens is 314 g/mol. The molecule has 0 aliphatic heterocycles. The number of aromatic nitrogens is 5. The molecule has 7 nitrogen and oxygen atoms in total. The highest BCUT2D eigenvalue weighted by atomic mass is 32.2. The maximum absolute atomic E-state index is 5.18. The predicted molar refractivity (Wildman–Crippen MR) is 85.5 cm³/mol. The standard InChI is InChI=1S/C15H17N5O2S/c1-10-14(11(2)22-17-10)9-23-15-16-18-19-20(15)8-12-4-6-13(21-3)7-5-12/h4-7H,8-9H2,1-3H3. The molecule has 0 saturated carbocycles. The summed E-state index contributed by atoms with van der Waals surface area (Å²) in [6.45, 7) is 4.46. The molecule has 0 N–H and O–H groups in total. The molecule has 3 aromatic rings. The monoisotopic (exact) mass is 331 g/mol. The molecule has 120 valence electrons. The van der Waals surface area contributed by atoms with Gasteiger partial charge in [0.2, 0.25) is 5.16 Å². The number of nitrogens with zero attached hydrogens (tertiary/aromatic N) is 5. The lowest BCUT2D eigenvalue weighted by molar-refractivity contribution is 0.392. The zero-order chi connectivity index (χ0) is 16.2. The van der Waals surface area contributed by atoms with Crippen molar-refractivity contribution in [1.29, 1.82) is 0 Å². The Morgan fingerprint density at radius 1 is 1.22 bits per heavy atom. The van der Waals surface area contributed by atoms with Crippen molar-refractivity contribution in [1.82, 2.24) is 25.4 Å². The third kappa shape index (κ3) is 3.53. The van der Waals surface area contributed by atoms with Crippen LogP contribution in [0.4, 0.5) is 0 Å². The predicted octanol–water partition coefficient (Wildman–Crippen LogP) is 2.63. The Hall–Kier alpha value is -2.35. The van der Waals surface area contributed by atoms with E-state index in [2.05, 4.69) is 20.7 Å². The molecule has 23 heavy (non-hydrogen) atoms. The van der Waals surface area contributed by atoms with E-state index in [9.17, 15) is 0 Å². The lowest BCUT2D eigenvalue weighted by Gasteiger charge is -2.05. The van der Waals surface area contributed by atoms with Crippen molar-refractivity contribution < 1.29 is 9.26 Å². The Morgan fingerprint density at radius 2 is 2.00 bits per heavy atom. The van der Waals surface area contributed by atoms with Crippen LogP contribution in [0.5, 0.6) is 5.75 Å². The van der Waals surface area contributed by atoms with Crippen LogP contribution in [0.3, 0.4) is 0 Å². The van der Waals surface area contributed by atoms with Gasteiger partial charge in [-0.25, -0.2) is 4.68 Å². The summed E-state index contributed by atoms with van der Waals surface area (Å²) in [4.78, 5) is 0. The highest BCUT2D eigenvalue weighted by molar-refractivity contribution is 7.98. The van der Waals surface area contributed by atoms with Gasteiger partial charge in [0.05, 0.1) is 19.3 Å². The van der Waals surface area contributed by atoms with Gasteiger partial charge in [-0.2, -0.15) is 0 Å². The number of methoxy groups -OCH3 is 1. The molecule has 2 heterocycles. The van der Waals surface area contributed by atoms with Crippen molar-refractivity contribution in [2.75, 3.05) is 7.11 Å². The van der Waals surface area contributed by atoms with Gasteiger partial charge in [0, 0.05) is 11.3 Å². The molecule has 0 saturated heterocycles. The summed E-state index contributed by atoms with van der Waals surface area (Å²) in [5.41, 5.74) is 3.11. The van der Waals surface area contributed by atoms with Gasteiger partial charge in [-0.05, 0) is 42.0 Å². The van der Waals surface area contributed by atoms with E-state index in [-0.39, 0.29) is 0 Å².